The Morgan fingerprint density at radius 2 is 2.43 bits per heavy atom. The first-order chi connectivity index (χ1) is 6.59. The fraction of sp³-hybridized carbons (Fsp3) is 0.750. The average molecular weight is 201 g/mol. The van der Waals surface area contributed by atoms with Gasteiger partial charge < -0.3 is 20.3 Å². The lowest BCUT2D eigenvalue weighted by Crippen LogP contribution is -2.44. The van der Waals surface area contributed by atoms with E-state index in [9.17, 15) is 9.59 Å². The molecule has 0 aromatic carbocycles. The molecule has 1 fully saturated rings. The molecule has 6 nitrogen and oxygen atoms in total. The Morgan fingerprint density at radius 3 is 2.93 bits per heavy atom. The number of cyclic esters (lactones) is 1. The number of hydrogen-bond acceptors (Lipinski definition) is 4. The second-order valence-corrected chi connectivity index (χ2v) is 3.39. The van der Waals surface area contributed by atoms with E-state index in [1.54, 1.807) is 0 Å². The third-order valence-corrected chi connectivity index (χ3v) is 1.85. The maximum absolute atomic E-state index is 11.3. The number of nitrogens with zero attached hydrogens (tertiary/aromatic N) is 1. The molecule has 1 saturated heterocycles. The number of ether oxygens (including phenoxy) is 1. The third-order valence-electron chi connectivity index (χ3n) is 1.85. The molecule has 0 saturated carbocycles. The highest BCUT2D eigenvalue weighted by atomic mass is 16.6. The van der Waals surface area contributed by atoms with Gasteiger partial charge in [-0.2, -0.15) is 0 Å². The van der Waals surface area contributed by atoms with E-state index in [0.29, 0.717) is 6.54 Å². The molecule has 6 heteroatoms. The van der Waals surface area contributed by atoms with Crippen LogP contribution in [0.3, 0.4) is 0 Å². The Bertz CT molecular complexity index is 230. The molecule has 0 radical (unpaired) electrons. The van der Waals surface area contributed by atoms with Crippen molar-refractivity contribution in [2.24, 2.45) is 0 Å². The van der Waals surface area contributed by atoms with Crippen LogP contribution in [0.25, 0.3) is 0 Å². The molecule has 0 spiro atoms. The van der Waals surface area contributed by atoms with E-state index in [1.807, 2.05) is 19.0 Å². The summed E-state index contributed by atoms with van der Waals surface area (Å²) in [4.78, 5) is 23.9. The van der Waals surface area contributed by atoms with E-state index in [2.05, 4.69) is 15.4 Å². The zero-order valence-electron chi connectivity index (χ0n) is 8.37. The summed E-state index contributed by atoms with van der Waals surface area (Å²) in [6.07, 6.45) is -0.530. The van der Waals surface area contributed by atoms with Crippen molar-refractivity contribution in [2.75, 3.05) is 33.8 Å². The molecule has 0 aromatic rings. The fourth-order valence-corrected chi connectivity index (χ4v) is 1.05. The number of likely N-dealkylation sites (N-methyl/N-ethyl adjacent to an activating group) is 1. The molecule has 1 heterocycles. The molecule has 1 aliphatic rings. The minimum atomic E-state index is -0.537. The summed E-state index contributed by atoms with van der Waals surface area (Å²) in [7, 11) is 3.85. The molecular weight excluding hydrogens is 186 g/mol. The van der Waals surface area contributed by atoms with E-state index >= 15 is 0 Å². The molecule has 1 unspecified atom stereocenters. The van der Waals surface area contributed by atoms with Gasteiger partial charge in [0.2, 0.25) is 5.91 Å². The van der Waals surface area contributed by atoms with Gasteiger partial charge in [0.25, 0.3) is 0 Å². The normalized spacial score (nSPS) is 20.5. The van der Waals surface area contributed by atoms with Gasteiger partial charge in [0.1, 0.15) is 12.6 Å². The van der Waals surface area contributed by atoms with Gasteiger partial charge in [0.05, 0.1) is 0 Å². The highest BCUT2D eigenvalue weighted by Gasteiger charge is 2.28. The smallest absolute Gasteiger partial charge is 0.407 e. The Balaban J connectivity index is 2.18. The summed E-state index contributed by atoms with van der Waals surface area (Å²) in [5, 5.41) is 5.11. The van der Waals surface area contributed by atoms with Crippen LogP contribution in [0.5, 0.6) is 0 Å². The zero-order chi connectivity index (χ0) is 10.6. The first-order valence-corrected chi connectivity index (χ1v) is 4.45. The quantitative estimate of drug-likeness (QED) is 0.597. The van der Waals surface area contributed by atoms with Crippen LogP contribution in [0, 0.1) is 0 Å². The molecule has 1 aliphatic heterocycles. The Morgan fingerprint density at radius 1 is 1.71 bits per heavy atom. The van der Waals surface area contributed by atoms with E-state index in [4.69, 9.17) is 0 Å². The van der Waals surface area contributed by atoms with Crippen LogP contribution in [0.15, 0.2) is 0 Å². The number of alkyl carbamates (subject to hydrolysis) is 1. The van der Waals surface area contributed by atoms with Gasteiger partial charge >= 0.3 is 6.09 Å². The van der Waals surface area contributed by atoms with E-state index < -0.39 is 12.1 Å². The van der Waals surface area contributed by atoms with Crippen molar-refractivity contribution >= 4 is 12.0 Å². The minimum absolute atomic E-state index is 0.118. The maximum Gasteiger partial charge on any atom is 0.407 e. The van der Waals surface area contributed by atoms with Gasteiger partial charge in [0, 0.05) is 13.1 Å². The summed E-state index contributed by atoms with van der Waals surface area (Å²) >= 11 is 0. The second kappa shape index (κ2) is 4.80. The van der Waals surface area contributed by atoms with Crippen molar-refractivity contribution in [3.8, 4) is 0 Å². The van der Waals surface area contributed by atoms with Crippen LogP contribution in [0.1, 0.15) is 0 Å². The van der Waals surface area contributed by atoms with Crippen LogP contribution in [0.2, 0.25) is 0 Å². The molecule has 1 atom stereocenters. The largest absolute Gasteiger partial charge is 0.447 e. The summed E-state index contributed by atoms with van der Waals surface area (Å²) in [6, 6.07) is -0.537. The number of rotatable bonds is 4. The highest BCUT2D eigenvalue weighted by molar-refractivity contribution is 5.87. The van der Waals surface area contributed by atoms with Crippen molar-refractivity contribution in [1.82, 2.24) is 15.5 Å². The standard InChI is InChI=1S/C8H15N3O3/c1-11(2)4-3-9-7(12)6-5-14-8(13)10-6/h6H,3-5H2,1-2H3,(H,9,12)(H,10,13). The van der Waals surface area contributed by atoms with Gasteiger partial charge in [-0.25, -0.2) is 4.79 Å². The summed E-state index contributed by atoms with van der Waals surface area (Å²) in [5.41, 5.74) is 0. The van der Waals surface area contributed by atoms with Gasteiger partial charge in [-0.05, 0) is 14.1 Å². The second-order valence-electron chi connectivity index (χ2n) is 3.39. The minimum Gasteiger partial charge on any atom is -0.447 e. The van der Waals surface area contributed by atoms with Gasteiger partial charge in [-0.1, -0.05) is 0 Å². The Labute approximate surface area is 82.6 Å². The molecule has 0 bridgehead atoms. The molecule has 14 heavy (non-hydrogen) atoms. The van der Waals surface area contributed by atoms with Crippen LogP contribution >= 0.6 is 0 Å². The summed E-state index contributed by atoms with van der Waals surface area (Å²) in [6.45, 7) is 1.46. The number of carbonyl (C=O) groups excluding carboxylic acids is 2. The fourth-order valence-electron chi connectivity index (χ4n) is 1.05. The number of nitrogens with one attached hydrogen (secondary N) is 2. The lowest BCUT2D eigenvalue weighted by Gasteiger charge is -2.12. The first-order valence-electron chi connectivity index (χ1n) is 4.45. The number of carbonyl (C=O) groups is 2. The SMILES string of the molecule is CN(C)CCNC(=O)C1COC(=O)N1. The molecule has 1 rings (SSSR count). The van der Waals surface area contributed by atoms with E-state index in [1.165, 1.54) is 0 Å². The van der Waals surface area contributed by atoms with E-state index in [-0.39, 0.29) is 12.5 Å². The lowest BCUT2D eigenvalue weighted by molar-refractivity contribution is -0.122. The van der Waals surface area contributed by atoms with Gasteiger partial charge in [-0.15, -0.1) is 0 Å². The summed E-state index contributed by atoms with van der Waals surface area (Å²) < 4.78 is 4.59. The molecule has 2 amide bonds. The topological polar surface area (TPSA) is 70.7 Å². The van der Waals surface area contributed by atoms with Crippen molar-refractivity contribution < 1.29 is 14.3 Å². The Kier molecular flexibility index (Phi) is 3.70. The molecule has 0 aromatic heterocycles. The highest BCUT2D eigenvalue weighted by Crippen LogP contribution is 1.96. The molecular formula is C8H15N3O3. The Hall–Kier alpha value is -1.30. The maximum atomic E-state index is 11.3. The lowest BCUT2D eigenvalue weighted by atomic mass is 10.3. The molecule has 2 N–H and O–H groups in total. The number of hydrogen-bond donors (Lipinski definition) is 2. The predicted molar refractivity (Wildman–Crippen MR) is 49.8 cm³/mol. The van der Waals surface area contributed by atoms with Crippen molar-refractivity contribution in [3.63, 3.8) is 0 Å². The van der Waals surface area contributed by atoms with Gasteiger partial charge in [0.15, 0.2) is 0 Å². The average Bonchev–Trinajstić information content (AvgIpc) is 2.51. The van der Waals surface area contributed by atoms with E-state index in [0.717, 1.165) is 6.54 Å². The monoisotopic (exact) mass is 201 g/mol. The van der Waals surface area contributed by atoms with Crippen molar-refractivity contribution in [1.29, 1.82) is 0 Å². The van der Waals surface area contributed by atoms with Crippen LogP contribution < -0.4 is 10.6 Å². The first kappa shape index (κ1) is 10.8. The van der Waals surface area contributed by atoms with Gasteiger partial charge in [-0.3, -0.25) is 4.79 Å². The molecule has 80 valence electrons. The van der Waals surface area contributed by atoms with Crippen molar-refractivity contribution in [3.05, 3.63) is 0 Å². The van der Waals surface area contributed by atoms with Crippen LogP contribution in [0.4, 0.5) is 4.79 Å². The van der Waals surface area contributed by atoms with Crippen LogP contribution in [-0.4, -0.2) is 56.7 Å². The summed E-state index contributed by atoms with van der Waals surface area (Å²) in [5.74, 6) is -0.197. The molecule has 0 aliphatic carbocycles. The number of amides is 2. The predicted octanol–water partition coefficient (Wildman–Crippen LogP) is -1.23. The van der Waals surface area contributed by atoms with Crippen LogP contribution in [-0.2, 0) is 9.53 Å². The third kappa shape index (κ3) is 3.21. The van der Waals surface area contributed by atoms with Crippen molar-refractivity contribution in [2.45, 2.75) is 6.04 Å². The zero-order valence-corrected chi connectivity index (χ0v) is 8.37.